The van der Waals surface area contributed by atoms with Gasteiger partial charge in [0, 0.05) is 40.7 Å². The van der Waals surface area contributed by atoms with E-state index in [4.69, 9.17) is 21.1 Å². The average Bonchev–Trinajstić information content (AvgIpc) is 2.92. The zero-order valence-corrected chi connectivity index (χ0v) is 25.1. The summed E-state index contributed by atoms with van der Waals surface area (Å²) >= 11 is 9.87. The van der Waals surface area contributed by atoms with Crippen LogP contribution in [0.5, 0.6) is 11.5 Å². The van der Waals surface area contributed by atoms with Crippen LogP contribution in [0.25, 0.3) is 0 Å². The summed E-state index contributed by atoms with van der Waals surface area (Å²) < 4.78 is 11.8. The second-order valence-corrected chi connectivity index (χ2v) is 11.6. The number of amides is 3. The van der Waals surface area contributed by atoms with Crippen LogP contribution in [0.3, 0.4) is 0 Å². The molecule has 210 valence electrons. The maximum absolute atomic E-state index is 13.8. The van der Waals surface area contributed by atoms with Crippen molar-refractivity contribution in [2.45, 2.75) is 64.0 Å². The quantitative estimate of drug-likeness (QED) is 0.423. The van der Waals surface area contributed by atoms with Crippen LogP contribution in [0.4, 0.5) is 5.69 Å². The fourth-order valence-electron chi connectivity index (χ4n) is 5.67. The molecule has 2 unspecified atom stereocenters. The van der Waals surface area contributed by atoms with Gasteiger partial charge >= 0.3 is 11.8 Å². The number of anilines is 1. The van der Waals surface area contributed by atoms with Gasteiger partial charge in [-0.2, -0.15) is 0 Å². The molecule has 2 aromatic carbocycles. The number of piperidine rings is 2. The largest absolute Gasteiger partial charge is 0.493 e. The normalized spacial score (nSPS) is 19.9. The van der Waals surface area contributed by atoms with Gasteiger partial charge in [-0.3, -0.25) is 14.4 Å². The van der Waals surface area contributed by atoms with Gasteiger partial charge in [0.05, 0.1) is 25.5 Å². The molecule has 8 nitrogen and oxygen atoms in total. The second-order valence-electron chi connectivity index (χ2n) is 10.3. The van der Waals surface area contributed by atoms with Crippen LogP contribution in [0.1, 0.15) is 67.8 Å². The molecule has 0 spiro atoms. The molecule has 3 amide bonds. The third kappa shape index (κ3) is 6.35. The van der Waals surface area contributed by atoms with E-state index in [1.165, 1.54) is 20.3 Å². The van der Waals surface area contributed by atoms with E-state index in [2.05, 4.69) is 21.2 Å². The first kappa shape index (κ1) is 29.2. The van der Waals surface area contributed by atoms with E-state index >= 15 is 0 Å². The third-order valence-corrected chi connectivity index (χ3v) is 8.63. The topological polar surface area (TPSA) is 88.2 Å². The summed E-state index contributed by atoms with van der Waals surface area (Å²) in [5, 5.41) is 3.39. The lowest BCUT2D eigenvalue weighted by molar-refractivity contribution is -0.143. The first-order chi connectivity index (χ1) is 18.6. The maximum atomic E-state index is 13.8. The van der Waals surface area contributed by atoms with Crippen LogP contribution < -0.4 is 14.8 Å². The summed E-state index contributed by atoms with van der Waals surface area (Å²) in [6, 6.07) is 9.05. The molecule has 0 bridgehead atoms. The number of carbonyl (C=O) groups excluding carboxylic acids is 3. The first-order valence-corrected chi connectivity index (χ1v) is 14.5. The van der Waals surface area contributed by atoms with E-state index in [9.17, 15) is 14.4 Å². The molecular formula is C29H35BrClN3O5. The number of methoxy groups -OCH3 is 2. The minimum absolute atomic E-state index is 0.0556. The van der Waals surface area contributed by atoms with Crippen LogP contribution in [0.2, 0.25) is 5.02 Å². The number of carbonyl (C=O) groups is 3. The zero-order chi connectivity index (χ0) is 28.3. The second kappa shape index (κ2) is 12.6. The Morgan fingerprint density at radius 2 is 1.56 bits per heavy atom. The smallest absolute Gasteiger partial charge is 0.313 e. The molecule has 4 rings (SSSR count). The summed E-state index contributed by atoms with van der Waals surface area (Å²) in [5.74, 6) is -0.717. The standard InChI is InChI=1S/C29H35BrClN3O5/c1-17-6-5-7-18(2)34(17)28(36)22-15-25(38-3)26(39-4)16-24(22)32-27(35)29(37)33-12-10-19(11-13-33)21-9-8-20(30)14-23(21)31/h8-9,14-19H,5-7,10-13H2,1-4H3,(H,32,35). The van der Waals surface area contributed by atoms with Crippen molar-refractivity contribution in [3.05, 3.63) is 51.0 Å². The summed E-state index contributed by atoms with van der Waals surface area (Å²) in [4.78, 5) is 43.5. The lowest BCUT2D eigenvalue weighted by Gasteiger charge is -2.39. The molecule has 2 aliphatic heterocycles. The van der Waals surface area contributed by atoms with E-state index < -0.39 is 11.8 Å². The average molecular weight is 621 g/mol. The fraction of sp³-hybridized carbons (Fsp3) is 0.483. The van der Waals surface area contributed by atoms with E-state index in [1.807, 2.05) is 36.9 Å². The van der Waals surface area contributed by atoms with Crippen LogP contribution >= 0.6 is 27.5 Å². The molecular weight excluding hydrogens is 586 g/mol. The van der Waals surface area contributed by atoms with Crippen molar-refractivity contribution in [3.8, 4) is 11.5 Å². The molecule has 2 aliphatic rings. The molecule has 2 saturated heterocycles. The Morgan fingerprint density at radius 1 is 0.949 bits per heavy atom. The van der Waals surface area contributed by atoms with Gasteiger partial charge < -0.3 is 24.6 Å². The van der Waals surface area contributed by atoms with Crippen molar-refractivity contribution in [2.24, 2.45) is 0 Å². The Labute approximate surface area is 243 Å². The number of ether oxygens (including phenoxy) is 2. The Balaban J connectivity index is 1.51. The Bertz CT molecular complexity index is 1240. The van der Waals surface area contributed by atoms with Crippen LogP contribution in [-0.4, -0.2) is 66.9 Å². The number of rotatable bonds is 5. The number of hydrogen-bond acceptors (Lipinski definition) is 5. The highest BCUT2D eigenvalue weighted by atomic mass is 79.9. The first-order valence-electron chi connectivity index (χ1n) is 13.3. The molecule has 2 heterocycles. The predicted molar refractivity (Wildman–Crippen MR) is 155 cm³/mol. The van der Waals surface area contributed by atoms with Crippen LogP contribution in [0.15, 0.2) is 34.8 Å². The number of nitrogens with zero attached hydrogens (tertiary/aromatic N) is 2. The van der Waals surface area contributed by atoms with Gasteiger partial charge in [0.25, 0.3) is 5.91 Å². The van der Waals surface area contributed by atoms with E-state index in [1.54, 1.807) is 11.0 Å². The molecule has 2 fully saturated rings. The van der Waals surface area contributed by atoms with Gasteiger partial charge in [0.15, 0.2) is 11.5 Å². The lowest BCUT2D eigenvalue weighted by Crippen LogP contribution is -2.48. The zero-order valence-electron chi connectivity index (χ0n) is 22.8. The highest BCUT2D eigenvalue weighted by Gasteiger charge is 2.33. The van der Waals surface area contributed by atoms with Crippen molar-refractivity contribution >= 4 is 50.9 Å². The molecule has 0 saturated carbocycles. The summed E-state index contributed by atoms with van der Waals surface area (Å²) in [6.45, 7) is 4.93. The SMILES string of the molecule is COc1cc(NC(=O)C(=O)N2CCC(c3ccc(Br)cc3Cl)CC2)c(C(=O)N2C(C)CCCC2C)cc1OC. The van der Waals surface area contributed by atoms with Crippen molar-refractivity contribution in [1.82, 2.24) is 9.80 Å². The summed E-state index contributed by atoms with van der Waals surface area (Å²) in [5.41, 5.74) is 1.53. The van der Waals surface area contributed by atoms with E-state index in [0.717, 1.165) is 29.3 Å². The minimum Gasteiger partial charge on any atom is -0.493 e. The van der Waals surface area contributed by atoms with Crippen molar-refractivity contribution in [3.63, 3.8) is 0 Å². The summed E-state index contributed by atoms with van der Waals surface area (Å²) in [7, 11) is 2.97. The number of benzene rings is 2. The van der Waals surface area contributed by atoms with E-state index in [0.29, 0.717) is 42.5 Å². The highest BCUT2D eigenvalue weighted by Crippen LogP contribution is 2.37. The number of hydrogen-bond donors (Lipinski definition) is 1. The van der Waals surface area contributed by atoms with Gasteiger partial charge in [-0.25, -0.2) is 0 Å². The molecule has 0 radical (unpaired) electrons. The Kier molecular flexibility index (Phi) is 9.43. The molecule has 0 aliphatic carbocycles. The highest BCUT2D eigenvalue weighted by molar-refractivity contribution is 9.10. The van der Waals surface area contributed by atoms with Crippen molar-refractivity contribution in [2.75, 3.05) is 32.6 Å². The molecule has 2 atom stereocenters. The fourth-order valence-corrected chi connectivity index (χ4v) is 6.49. The molecule has 1 N–H and O–H groups in total. The van der Waals surface area contributed by atoms with Crippen LogP contribution in [-0.2, 0) is 9.59 Å². The number of likely N-dealkylation sites (tertiary alicyclic amines) is 2. The lowest BCUT2D eigenvalue weighted by atomic mass is 9.89. The molecule has 10 heteroatoms. The van der Waals surface area contributed by atoms with Crippen molar-refractivity contribution in [1.29, 1.82) is 0 Å². The summed E-state index contributed by atoms with van der Waals surface area (Å²) in [6.07, 6.45) is 4.27. The Morgan fingerprint density at radius 3 is 2.15 bits per heavy atom. The van der Waals surface area contributed by atoms with Gasteiger partial charge in [0.1, 0.15) is 0 Å². The van der Waals surface area contributed by atoms with Gasteiger partial charge in [-0.15, -0.1) is 0 Å². The third-order valence-electron chi connectivity index (χ3n) is 7.81. The molecule has 39 heavy (non-hydrogen) atoms. The van der Waals surface area contributed by atoms with E-state index in [-0.39, 0.29) is 35.2 Å². The predicted octanol–water partition coefficient (Wildman–Crippen LogP) is 5.87. The van der Waals surface area contributed by atoms with Crippen LogP contribution in [0, 0.1) is 0 Å². The molecule has 0 aromatic heterocycles. The minimum atomic E-state index is -0.795. The monoisotopic (exact) mass is 619 g/mol. The Hall–Kier alpha value is -2.78. The van der Waals surface area contributed by atoms with Gasteiger partial charge in [-0.05, 0) is 75.6 Å². The van der Waals surface area contributed by atoms with Gasteiger partial charge in [0.2, 0.25) is 0 Å². The number of halogens is 2. The van der Waals surface area contributed by atoms with Gasteiger partial charge in [-0.1, -0.05) is 33.6 Å². The molecule has 2 aromatic rings. The number of nitrogens with one attached hydrogen (secondary N) is 1. The maximum Gasteiger partial charge on any atom is 0.313 e. The van der Waals surface area contributed by atoms with Crippen molar-refractivity contribution < 1.29 is 23.9 Å².